The largest absolute Gasteiger partial charge is 0.343 e. The van der Waals surface area contributed by atoms with Crippen molar-refractivity contribution >= 4 is 5.91 Å². The molecule has 1 heterocycles. The monoisotopic (exact) mass is 240 g/mol. The minimum Gasteiger partial charge on any atom is -0.343 e. The van der Waals surface area contributed by atoms with Crippen LogP contribution in [0.15, 0.2) is 0 Å². The molecule has 0 aromatic heterocycles. The Morgan fingerprint density at radius 1 is 1.18 bits per heavy atom. The van der Waals surface area contributed by atoms with Gasteiger partial charge in [0.15, 0.2) is 0 Å². The number of carbonyl (C=O) groups is 1. The Balaban J connectivity index is 1.96. The van der Waals surface area contributed by atoms with Crippen molar-refractivity contribution in [1.82, 2.24) is 10.2 Å². The fraction of sp³-hybridized carbons (Fsp3) is 0.929. The molecule has 0 aromatic carbocycles. The number of nitrogens with one attached hydrogen (secondary N) is 1. The quantitative estimate of drug-likeness (QED) is 0.693. The lowest BCUT2D eigenvalue weighted by Crippen LogP contribution is -2.37. The average Bonchev–Trinajstić information content (AvgIpc) is 2.34. The van der Waals surface area contributed by atoms with Crippen molar-refractivity contribution in [2.24, 2.45) is 5.92 Å². The van der Waals surface area contributed by atoms with Gasteiger partial charge in [-0.1, -0.05) is 13.8 Å². The molecule has 1 fully saturated rings. The second-order valence-corrected chi connectivity index (χ2v) is 5.48. The first-order valence-electron chi connectivity index (χ1n) is 7.18. The Morgan fingerprint density at radius 3 is 2.53 bits per heavy atom. The van der Waals surface area contributed by atoms with Crippen LogP contribution in [0.5, 0.6) is 0 Å². The van der Waals surface area contributed by atoms with Crippen LogP contribution in [0.4, 0.5) is 0 Å². The number of hydrogen-bond donors (Lipinski definition) is 1. The van der Waals surface area contributed by atoms with Crippen LogP contribution in [0.3, 0.4) is 0 Å². The van der Waals surface area contributed by atoms with Gasteiger partial charge < -0.3 is 10.2 Å². The van der Waals surface area contributed by atoms with E-state index in [1.807, 2.05) is 4.90 Å². The highest BCUT2D eigenvalue weighted by Gasteiger charge is 2.15. The van der Waals surface area contributed by atoms with Gasteiger partial charge in [-0.15, -0.1) is 0 Å². The molecule has 17 heavy (non-hydrogen) atoms. The molecule has 0 radical (unpaired) electrons. The predicted octanol–water partition coefficient (Wildman–Crippen LogP) is 2.41. The maximum absolute atomic E-state index is 11.8. The van der Waals surface area contributed by atoms with E-state index in [4.69, 9.17) is 0 Å². The van der Waals surface area contributed by atoms with E-state index < -0.39 is 0 Å². The molecule has 1 amide bonds. The lowest BCUT2D eigenvalue weighted by Gasteiger charge is -2.26. The first-order valence-corrected chi connectivity index (χ1v) is 7.18. The second-order valence-electron chi connectivity index (χ2n) is 5.48. The number of nitrogens with zero attached hydrogens (tertiary/aromatic N) is 1. The maximum atomic E-state index is 11.8. The SMILES string of the molecule is CC(C)CCCNCCC(=O)N1CCCCC1. The average molecular weight is 240 g/mol. The lowest BCUT2D eigenvalue weighted by atomic mass is 10.1. The number of hydrogen-bond acceptors (Lipinski definition) is 2. The van der Waals surface area contributed by atoms with Crippen LogP contribution in [-0.2, 0) is 4.79 Å². The summed E-state index contributed by atoms with van der Waals surface area (Å²) in [5.41, 5.74) is 0. The van der Waals surface area contributed by atoms with Gasteiger partial charge in [-0.3, -0.25) is 4.79 Å². The van der Waals surface area contributed by atoms with E-state index in [2.05, 4.69) is 19.2 Å². The topological polar surface area (TPSA) is 32.3 Å². The molecule has 1 N–H and O–H groups in total. The zero-order valence-corrected chi connectivity index (χ0v) is 11.5. The Morgan fingerprint density at radius 2 is 1.88 bits per heavy atom. The first kappa shape index (κ1) is 14.5. The molecule has 1 aliphatic heterocycles. The van der Waals surface area contributed by atoms with Crippen LogP contribution in [0, 0.1) is 5.92 Å². The molecule has 0 unspecified atom stereocenters. The Kier molecular flexibility index (Phi) is 7.25. The van der Waals surface area contributed by atoms with Crippen LogP contribution < -0.4 is 5.32 Å². The highest BCUT2D eigenvalue weighted by atomic mass is 16.2. The van der Waals surface area contributed by atoms with Gasteiger partial charge in [0.25, 0.3) is 0 Å². The summed E-state index contributed by atoms with van der Waals surface area (Å²) >= 11 is 0. The van der Waals surface area contributed by atoms with Crippen molar-refractivity contribution in [2.75, 3.05) is 26.2 Å². The molecule has 0 atom stereocenters. The van der Waals surface area contributed by atoms with Gasteiger partial charge in [-0.2, -0.15) is 0 Å². The molecule has 0 bridgehead atoms. The van der Waals surface area contributed by atoms with Crippen LogP contribution in [0.1, 0.15) is 52.4 Å². The fourth-order valence-corrected chi connectivity index (χ4v) is 2.26. The highest BCUT2D eigenvalue weighted by Crippen LogP contribution is 2.09. The van der Waals surface area contributed by atoms with E-state index in [-0.39, 0.29) is 0 Å². The molecule has 0 aromatic rings. The van der Waals surface area contributed by atoms with Gasteiger partial charge in [0.05, 0.1) is 0 Å². The summed E-state index contributed by atoms with van der Waals surface area (Å²) in [6, 6.07) is 0. The standard InChI is InChI=1S/C14H28N2O/c1-13(2)7-6-9-15-10-8-14(17)16-11-4-3-5-12-16/h13,15H,3-12H2,1-2H3. The van der Waals surface area contributed by atoms with E-state index in [0.29, 0.717) is 12.3 Å². The molecule has 0 spiro atoms. The van der Waals surface area contributed by atoms with E-state index >= 15 is 0 Å². The molecular formula is C14H28N2O. The number of amides is 1. The molecule has 100 valence electrons. The molecule has 0 saturated carbocycles. The van der Waals surface area contributed by atoms with Gasteiger partial charge in [0.2, 0.25) is 5.91 Å². The van der Waals surface area contributed by atoms with Crippen molar-refractivity contribution in [3.05, 3.63) is 0 Å². The molecular weight excluding hydrogens is 212 g/mol. The third kappa shape index (κ3) is 6.67. The van der Waals surface area contributed by atoms with Gasteiger partial charge in [-0.05, 0) is 44.6 Å². The number of likely N-dealkylation sites (tertiary alicyclic amines) is 1. The van der Waals surface area contributed by atoms with Crippen LogP contribution >= 0.6 is 0 Å². The summed E-state index contributed by atoms with van der Waals surface area (Å²) < 4.78 is 0. The molecule has 1 aliphatic rings. The second kappa shape index (κ2) is 8.51. The van der Waals surface area contributed by atoms with Crippen molar-refractivity contribution in [3.63, 3.8) is 0 Å². The minimum absolute atomic E-state index is 0.334. The van der Waals surface area contributed by atoms with E-state index in [1.54, 1.807) is 0 Å². The lowest BCUT2D eigenvalue weighted by molar-refractivity contribution is -0.131. The Labute approximate surface area is 106 Å². The van der Waals surface area contributed by atoms with Gasteiger partial charge in [0.1, 0.15) is 0 Å². The summed E-state index contributed by atoms with van der Waals surface area (Å²) in [4.78, 5) is 13.9. The molecule has 3 nitrogen and oxygen atoms in total. The molecule has 0 aliphatic carbocycles. The third-order valence-corrected chi connectivity index (χ3v) is 3.36. The number of carbonyl (C=O) groups excluding carboxylic acids is 1. The highest BCUT2D eigenvalue weighted by molar-refractivity contribution is 5.76. The van der Waals surface area contributed by atoms with Gasteiger partial charge in [0, 0.05) is 26.1 Å². The van der Waals surface area contributed by atoms with E-state index in [1.165, 1.54) is 32.1 Å². The smallest absolute Gasteiger partial charge is 0.223 e. The third-order valence-electron chi connectivity index (χ3n) is 3.36. The first-order chi connectivity index (χ1) is 8.20. The van der Waals surface area contributed by atoms with Crippen molar-refractivity contribution < 1.29 is 4.79 Å². The Bertz CT molecular complexity index is 210. The molecule has 3 heteroatoms. The fourth-order valence-electron chi connectivity index (χ4n) is 2.26. The molecule has 1 rings (SSSR count). The summed E-state index contributed by atoms with van der Waals surface area (Å²) in [7, 11) is 0. The summed E-state index contributed by atoms with van der Waals surface area (Å²) in [6.07, 6.45) is 6.82. The summed E-state index contributed by atoms with van der Waals surface area (Å²) in [6.45, 7) is 8.34. The molecule has 1 saturated heterocycles. The zero-order chi connectivity index (χ0) is 12.5. The normalized spacial score (nSPS) is 16.5. The van der Waals surface area contributed by atoms with Gasteiger partial charge >= 0.3 is 0 Å². The summed E-state index contributed by atoms with van der Waals surface area (Å²) in [5, 5.41) is 3.36. The van der Waals surface area contributed by atoms with Gasteiger partial charge in [-0.25, -0.2) is 0 Å². The maximum Gasteiger partial charge on any atom is 0.223 e. The number of piperidine rings is 1. The van der Waals surface area contributed by atoms with Crippen molar-refractivity contribution in [2.45, 2.75) is 52.4 Å². The van der Waals surface area contributed by atoms with Crippen LogP contribution in [-0.4, -0.2) is 37.0 Å². The van der Waals surface area contributed by atoms with Crippen LogP contribution in [0.25, 0.3) is 0 Å². The summed E-state index contributed by atoms with van der Waals surface area (Å²) in [5.74, 6) is 1.12. The predicted molar refractivity (Wildman–Crippen MR) is 72.0 cm³/mol. The minimum atomic E-state index is 0.334. The van der Waals surface area contributed by atoms with Crippen molar-refractivity contribution in [1.29, 1.82) is 0 Å². The van der Waals surface area contributed by atoms with E-state index in [0.717, 1.165) is 32.1 Å². The van der Waals surface area contributed by atoms with E-state index in [9.17, 15) is 4.79 Å². The number of rotatable bonds is 7. The van der Waals surface area contributed by atoms with Crippen LogP contribution in [0.2, 0.25) is 0 Å². The zero-order valence-electron chi connectivity index (χ0n) is 11.5. The van der Waals surface area contributed by atoms with Crippen molar-refractivity contribution in [3.8, 4) is 0 Å². The Hall–Kier alpha value is -0.570.